The summed E-state index contributed by atoms with van der Waals surface area (Å²) in [6, 6.07) is 4.82. The van der Waals surface area contributed by atoms with Crippen molar-refractivity contribution >= 4 is 11.0 Å². The zero-order chi connectivity index (χ0) is 20.9. The van der Waals surface area contributed by atoms with E-state index >= 15 is 0 Å². The van der Waals surface area contributed by atoms with Crippen molar-refractivity contribution in [2.75, 3.05) is 0 Å². The molecule has 1 aromatic carbocycles. The van der Waals surface area contributed by atoms with E-state index in [2.05, 4.69) is 55.3 Å². The van der Waals surface area contributed by atoms with Crippen molar-refractivity contribution < 1.29 is 21.5 Å². The van der Waals surface area contributed by atoms with Gasteiger partial charge in [-0.05, 0) is 62.8 Å². The Bertz CT molecular complexity index is 646. The van der Waals surface area contributed by atoms with Crippen LogP contribution in [0.3, 0.4) is 0 Å². The molecule has 1 heterocycles. The number of fused-ring (bicyclic) bond motifs is 1. The molecular weight excluding hydrogens is 432 g/mol. The van der Waals surface area contributed by atoms with Crippen LogP contribution < -0.4 is 21.5 Å². The quantitative estimate of drug-likeness (QED) is 0.235. The van der Waals surface area contributed by atoms with E-state index in [0.29, 0.717) is 0 Å². The first kappa shape index (κ1) is 27.2. The summed E-state index contributed by atoms with van der Waals surface area (Å²) in [5.41, 5.74) is 5.70. The minimum Gasteiger partial charge on any atom is -1.00 e. The summed E-state index contributed by atoms with van der Waals surface area (Å²) in [4.78, 5) is 0. The second-order valence-corrected chi connectivity index (χ2v) is 9.17. The number of imidazole rings is 1. The van der Waals surface area contributed by atoms with Gasteiger partial charge in [0.05, 0.1) is 13.1 Å². The standard InChI is InChI=1S/C27H47N2.BrH/c1-5-7-9-11-13-15-17-19-28-23-29(20-18-16-14-12-10-8-6-2)27-22-25(4)24(3)21-26(27)28;/h21-23H,5-20H2,1-4H3;1H/q+1;/p-1. The van der Waals surface area contributed by atoms with Crippen LogP contribution in [0.15, 0.2) is 18.5 Å². The molecule has 0 saturated heterocycles. The Balaban J connectivity index is 0.00000450. The van der Waals surface area contributed by atoms with Crippen molar-refractivity contribution in [2.45, 2.75) is 131 Å². The van der Waals surface area contributed by atoms with Gasteiger partial charge in [-0.2, -0.15) is 0 Å². The molecule has 2 nitrogen and oxygen atoms in total. The molecule has 0 unspecified atom stereocenters. The molecule has 1 aromatic heterocycles. The summed E-state index contributed by atoms with van der Waals surface area (Å²) >= 11 is 0. The maximum atomic E-state index is 2.52. The number of unbranched alkanes of at least 4 members (excludes halogenated alkanes) is 12. The Labute approximate surface area is 197 Å². The van der Waals surface area contributed by atoms with E-state index in [0.717, 1.165) is 13.1 Å². The fourth-order valence-corrected chi connectivity index (χ4v) is 4.37. The van der Waals surface area contributed by atoms with Gasteiger partial charge in [0.15, 0.2) is 11.0 Å². The average molecular weight is 480 g/mol. The van der Waals surface area contributed by atoms with Crippen LogP contribution in [0.4, 0.5) is 0 Å². The van der Waals surface area contributed by atoms with Gasteiger partial charge in [-0.3, -0.25) is 0 Å². The molecule has 0 atom stereocenters. The van der Waals surface area contributed by atoms with Crippen LogP contribution in [-0.2, 0) is 13.1 Å². The fraction of sp³-hybridized carbons (Fsp3) is 0.741. The first-order chi connectivity index (χ1) is 14.2. The van der Waals surface area contributed by atoms with Crippen molar-refractivity contribution in [1.29, 1.82) is 0 Å². The fourth-order valence-electron chi connectivity index (χ4n) is 4.37. The lowest BCUT2D eigenvalue weighted by Gasteiger charge is -2.02. The lowest BCUT2D eigenvalue weighted by atomic mass is 10.1. The maximum Gasteiger partial charge on any atom is 0.244 e. The van der Waals surface area contributed by atoms with E-state index in [-0.39, 0.29) is 17.0 Å². The molecule has 2 aromatic rings. The van der Waals surface area contributed by atoms with Gasteiger partial charge in [-0.25, -0.2) is 9.13 Å². The largest absolute Gasteiger partial charge is 1.00 e. The highest BCUT2D eigenvalue weighted by Crippen LogP contribution is 2.19. The van der Waals surface area contributed by atoms with Gasteiger partial charge in [0.25, 0.3) is 0 Å². The Morgan fingerprint density at radius 1 is 0.667 bits per heavy atom. The number of benzene rings is 1. The third-order valence-corrected chi connectivity index (χ3v) is 6.49. The average Bonchev–Trinajstić information content (AvgIpc) is 3.03. The molecule has 0 aliphatic rings. The van der Waals surface area contributed by atoms with E-state index in [9.17, 15) is 0 Å². The Kier molecular flexibility index (Phi) is 14.4. The summed E-state index contributed by atoms with van der Waals surface area (Å²) in [5.74, 6) is 0. The van der Waals surface area contributed by atoms with E-state index in [4.69, 9.17) is 0 Å². The number of nitrogens with zero attached hydrogens (tertiary/aromatic N) is 2. The molecule has 0 N–H and O–H groups in total. The van der Waals surface area contributed by atoms with Crippen LogP contribution in [0.25, 0.3) is 11.0 Å². The first-order valence-corrected chi connectivity index (χ1v) is 12.7. The van der Waals surface area contributed by atoms with Crippen LogP contribution in [0.5, 0.6) is 0 Å². The highest BCUT2D eigenvalue weighted by Gasteiger charge is 2.16. The van der Waals surface area contributed by atoms with Gasteiger partial charge >= 0.3 is 0 Å². The number of rotatable bonds is 16. The molecular formula is C27H47BrN2. The minimum atomic E-state index is 0. The molecule has 30 heavy (non-hydrogen) atoms. The maximum absolute atomic E-state index is 2.52. The Hall–Kier alpha value is -0.830. The van der Waals surface area contributed by atoms with E-state index in [1.54, 1.807) is 0 Å². The van der Waals surface area contributed by atoms with Gasteiger partial charge in [-0.1, -0.05) is 78.1 Å². The Morgan fingerprint density at radius 2 is 1.17 bits per heavy atom. The predicted octanol–water partition coefficient (Wildman–Crippen LogP) is 5.05. The minimum absolute atomic E-state index is 0. The van der Waals surface area contributed by atoms with Gasteiger partial charge < -0.3 is 17.0 Å². The van der Waals surface area contributed by atoms with E-state index in [1.165, 1.54) is 112 Å². The van der Waals surface area contributed by atoms with Crippen molar-refractivity contribution in [3.05, 3.63) is 29.6 Å². The summed E-state index contributed by atoms with van der Waals surface area (Å²) in [7, 11) is 0. The first-order valence-electron chi connectivity index (χ1n) is 12.7. The Morgan fingerprint density at radius 3 is 1.77 bits per heavy atom. The molecule has 3 heteroatoms. The molecule has 0 saturated carbocycles. The number of halogens is 1. The SMILES string of the molecule is CCCCCCCCCn1c[n+](CCCCCCCCC)c2cc(C)c(C)cc21.[Br-]. The van der Waals surface area contributed by atoms with Crippen LogP contribution in [0, 0.1) is 13.8 Å². The van der Waals surface area contributed by atoms with Crippen LogP contribution in [0.1, 0.15) is 115 Å². The van der Waals surface area contributed by atoms with Crippen molar-refractivity contribution in [1.82, 2.24) is 4.57 Å². The lowest BCUT2D eigenvalue weighted by molar-refractivity contribution is -0.672. The molecule has 172 valence electrons. The zero-order valence-corrected chi connectivity index (χ0v) is 21.9. The summed E-state index contributed by atoms with van der Waals surface area (Å²) in [5, 5.41) is 0. The molecule has 0 spiro atoms. The monoisotopic (exact) mass is 478 g/mol. The van der Waals surface area contributed by atoms with Crippen LogP contribution >= 0.6 is 0 Å². The predicted molar refractivity (Wildman–Crippen MR) is 128 cm³/mol. The van der Waals surface area contributed by atoms with Gasteiger partial charge in [0.1, 0.15) is 0 Å². The second kappa shape index (κ2) is 15.9. The topological polar surface area (TPSA) is 8.81 Å². The highest BCUT2D eigenvalue weighted by atomic mass is 79.9. The third kappa shape index (κ3) is 9.12. The van der Waals surface area contributed by atoms with Crippen LogP contribution in [0.2, 0.25) is 0 Å². The van der Waals surface area contributed by atoms with E-state index in [1.807, 2.05) is 0 Å². The number of aromatic nitrogens is 2. The molecule has 0 amide bonds. The molecule has 2 rings (SSSR count). The second-order valence-electron chi connectivity index (χ2n) is 9.17. The van der Waals surface area contributed by atoms with Crippen molar-refractivity contribution in [3.8, 4) is 0 Å². The van der Waals surface area contributed by atoms with Crippen molar-refractivity contribution in [3.63, 3.8) is 0 Å². The van der Waals surface area contributed by atoms with Gasteiger partial charge in [0.2, 0.25) is 6.33 Å². The molecule has 0 bridgehead atoms. The van der Waals surface area contributed by atoms with Gasteiger partial charge in [-0.15, -0.1) is 0 Å². The molecule has 0 aliphatic carbocycles. The third-order valence-electron chi connectivity index (χ3n) is 6.49. The molecule has 0 aliphatic heterocycles. The zero-order valence-electron chi connectivity index (χ0n) is 20.3. The highest BCUT2D eigenvalue weighted by molar-refractivity contribution is 5.74. The van der Waals surface area contributed by atoms with Crippen LogP contribution in [-0.4, -0.2) is 4.57 Å². The van der Waals surface area contributed by atoms with Crippen molar-refractivity contribution in [2.24, 2.45) is 0 Å². The van der Waals surface area contributed by atoms with Gasteiger partial charge in [0, 0.05) is 0 Å². The normalized spacial score (nSPS) is 11.2. The number of hydrogen-bond donors (Lipinski definition) is 0. The number of hydrogen-bond acceptors (Lipinski definition) is 0. The summed E-state index contributed by atoms with van der Waals surface area (Å²) in [6.45, 7) is 11.4. The molecule has 0 radical (unpaired) electrons. The number of aryl methyl sites for hydroxylation is 4. The summed E-state index contributed by atoms with van der Waals surface area (Å²) in [6.07, 6.45) is 21.7. The smallest absolute Gasteiger partial charge is 0.244 e. The van der Waals surface area contributed by atoms with E-state index < -0.39 is 0 Å². The molecule has 0 fully saturated rings. The summed E-state index contributed by atoms with van der Waals surface area (Å²) < 4.78 is 5.05. The lowest BCUT2D eigenvalue weighted by Crippen LogP contribution is -3.00.